The average molecular weight is 379 g/mol. The molecule has 0 fully saturated rings. The maximum atomic E-state index is 10.3. The lowest BCUT2D eigenvalue weighted by molar-refractivity contribution is 0.375. The molecule has 9 nitrogen and oxygen atoms in total. The second-order valence-corrected chi connectivity index (χ2v) is 7.74. The van der Waals surface area contributed by atoms with Crippen LogP contribution in [0.1, 0.15) is 12.5 Å². The highest BCUT2D eigenvalue weighted by atomic mass is 32.3. The van der Waals surface area contributed by atoms with Gasteiger partial charge in [0.05, 0.1) is 11.2 Å². The van der Waals surface area contributed by atoms with Crippen LogP contribution >= 0.6 is 10.9 Å². The number of hydrogen-bond acceptors (Lipinski definition) is 8. The molecule has 6 N–H and O–H groups in total. The monoisotopic (exact) mass is 379 g/mol. The minimum Gasteiger partial charge on any atom is -0.505 e. The van der Waals surface area contributed by atoms with Crippen molar-refractivity contribution in [3.05, 3.63) is 29.8 Å². The van der Waals surface area contributed by atoms with Gasteiger partial charge in [-0.1, -0.05) is 25.1 Å². The first-order valence-corrected chi connectivity index (χ1v) is 9.81. The molecule has 0 amide bonds. The molecule has 0 aliphatic carbocycles. The van der Waals surface area contributed by atoms with Gasteiger partial charge < -0.3 is 18.8 Å². The second kappa shape index (κ2) is 7.42. The van der Waals surface area contributed by atoms with Crippen LogP contribution in [-0.4, -0.2) is 38.0 Å². The SMILES string of the molecule is CS(=O)(=O)O.[2H]N=Nc1c(S(O)(O)O)cc2cccc(CC)c2c1O. The number of benzene rings is 2. The molecule has 134 valence electrons. The highest BCUT2D eigenvalue weighted by Gasteiger charge is 2.25. The van der Waals surface area contributed by atoms with Crippen LogP contribution in [0.3, 0.4) is 0 Å². The third-order valence-corrected chi connectivity index (χ3v) is 3.84. The zero-order chi connectivity index (χ0) is 19.4. The molecule has 11 heteroatoms. The van der Waals surface area contributed by atoms with Crippen molar-refractivity contribution in [1.29, 1.82) is 5.52 Å². The molecule has 0 spiro atoms. The van der Waals surface area contributed by atoms with E-state index in [1.54, 1.807) is 12.1 Å². The van der Waals surface area contributed by atoms with Crippen molar-refractivity contribution in [2.24, 2.45) is 5.11 Å². The van der Waals surface area contributed by atoms with Crippen LogP contribution in [0.4, 0.5) is 5.69 Å². The Morgan fingerprint density at radius 1 is 1.25 bits per heavy atom. The van der Waals surface area contributed by atoms with Crippen LogP contribution in [0.5, 0.6) is 5.75 Å². The van der Waals surface area contributed by atoms with E-state index in [0.29, 0.717) is 23.4 Å². The smallest absolute Gasteiger partial charge is 0.261 e. The normalized spacial score (nSPS) is 13.5. The van der Waals surface area contributed by atoms with E-state index in [1.165, 1.54) is 6.07 Å². The molecule has 0 aliphatic rings. The van der Waals surface area contributed by atoms with Gasteiger partial charge >= 0.3 is 0 Å². The minimum absolute atomic E-state index is 0.309. The van der Waals surface area contributed by atoms with Crippen molar-refractivity contribution in [1.82, 2.24) is 0 Å². The van der Waals surface area contributed by atoms with E-state index >= 15 is 0 Å². The van der Waals surface area contributed by atoms with Crippen molar-refractivity contribution in [3.8, 4) is 5.75 Å². The molecule has 24 heavy (non-hydrogen) atoms. The summed E-state index contributed by atoms with van der Waals surface area (Å²) in [5, 5.41) is 14.7. The second-order valence-electron chi connectivity index (χ2n) is 4.79. The number of fused-ring (bicyclic) bond motifs is 1. The Morgan fingerprint density at radius 2 is 1.83 bits per heavy atom. The summed E-state index contributed by atoms with van der Waals surface area (Å²) in [6.07, 6.45) is 1.37. The quantitative estimate of drug-likeness (QED) is 0.347. The van der Waals surface area contributed by atoms with Gasteiger partial charge in [-0.05, 0) is 23.4 Å². The summed E-state index contributed by atoms with van der Waals surface area (Å²) in [6, 6.07) is 6.58. The van der Waals surface area contributed by atoms with Crippen molar-refractivity contribution in [2.75, 3.05) is 6.26 Å². The van der Waals surface area contributed by atoms with Gasteiger partial charge in [0.25, 0.3) is 10.1 Å². The Kier molecular flexibility index (Phi) is 5.74. The summed E-state index contributed by atoms with van der Waals surface area (Å²) in [4.78, 5) is -0.355. The van der Waals surface area contributed by atoms with Crippen LogP contribution in [0, 0.1) is 5.52 Å². The van der Waals surface area contributed by atoms with E-state index in [1.807, 2.05) is 13.0 Å². The Hall–Kier alpha value is -1.76. The number of phenols is 1. The van der Waals surface area contributed by atoms with Crippen LogP contribution in [0.2, 0.25) is 1.41 Å². The number of nitrogens with one attached hydrogen (secondary N) is 1. The fourth-order valence-electron chi connectivity index (χ4n) is 2.07. The first-order valence-electron chi connectivity index (χ1n) is 6.90. The Balaban J connectivity index is 0.000000550. The third-order valence-electron chi connectivity index (χ3n) is 2.94. The fraction of sp³-hybridized carbons (Fsp3) is 0.231. The summed E-state index contributed by atoms with van der Waals surface area (Å²) in [7, 11) is -7.75. The largest absolute Gasteiger partial charge is 0.505 e. The van der Waals surface area contributed by atoms with Crippen molar-refractivity contribution < 1.29 is 33.1 Å². The number of nitrogens with zero attached hydrogens (tertiary/aromatic N) is 1. The lowest BCUT2D eigenvalue weighted by atomic mass is 10.0. The van der Waals surface area contributed by atoms with E-state index in [0.717, 1.165) is 5.56 Å². The molecule has 0 aliphatic heterocycles. The summed E-state index contributed by atoms with van der Waals surface area (Å²) >= 11 is 0. The molecule has 0 saturated heterocycles. The first kappa shape index (κ1) is 18.6. The molecule has 0 saturated carbocycles. The molecule has 0 aromatic heterocycles. The van der Waals surface area contributed by atoms with E-state index in [2.05, 4.69) is 10.6 Å². The molecule has 0 atom stereocenters. The predicted octanol–water partition coefficient (Wildman–Crippen LogP) is 3.86. The van der Waals surface area contributed by atoms with Crippen LogP contribution < -0.4 is 0 Å². The summed E-state index contributed by atoms with van der Waals surface area (Å²) in [6.45, 7) is 1.91. The lowest BCUT2D eigenvalue weighted by Crippen LogP contribution is -1.97. The Bertz CT molecular complexity index is 887. The van der Waals surface area contributed by atoms with Gasteiger partial charge in [0.15, 0.2) is 5.75 Å². The van der Waals surface area contributed by atoms with E-state index < -0.39 is 21.0 Å². The minimum atomic E-state index is -4.09. The maximum absolute atomic E-state index is 10.3. The zero-order valence-electron chi connectivity index (χ0n) is 13.8. The molecule has 0 heterocycles. The van der Waals surface area contributed by atoms with Crippen molar-refractivity contribution >= 4 is 37.4 Å². The molecule has 0 radical (unpaired) electrons. The topological polar surface area (TPSA) is 171 Å². The number of phenolic OH excluding ortho intramolecular Hbond substituents is 1. The summed E-state index contributed by atoms with van der Waals surface area (Å²) < 4.78 is 60.9. The number of aromatic hydroxyl groups is 1. The molecule has 2 aromatic rings. The van der Waals surface area contributed by atoms with Crippen LogP contribution in [0.15, 0.2) is 34.3 Å². The number of rotatable bonds is 3. The molecular formula is C13H18N2O7S2. The van der Waals surface area contributed by atoms with Gasteiger partial charge in [-0.25, -0.2) is 5.52 Å². The van der Waals surface area contributed by atoms with E-state index in [-0.39, 0.29) is 16.3 Å². The highest BCUT2D eigenvalue weighted by Crippen LogP contribution is 2.54. The molecular weight excluding hydrogens is 360 g/mol. The molecule has 0 unspecified atom stereocenters. The predicted molar refractivity (Wildman–Crippen MR) is 91.0 cm³/mol. The van der Waals surface area contributed by atoms with Crippen molar-refractivity contribution in [3.63, 3.8) is 0 Å². The molecule has 2 rings (SSSR count). The van der Waals surface area contributed by atoms with Crippen LogP contribution in [0.25, 0.3) is 10.8 Å². The van der Waals surface area contributed by atoms with Gasteiger partial charge in [0, 0.05) is 5.39 Å². The van der Waals surface area contributed by atoms with Gasteiger partial charge in [0.2, 0.25) is 1.41 Å². The van der Waals surface area contributed by atoms with Gasteiger partial charge in [0.1, 0.15) is 16.6 Å². The Labute approximate surface area is 141 Å². The number of aryl methyl sites for hydroxylation is 1. The summed E-state index contributed by atoms with van der Waals surface area (Å²) in [5.41, 5.74) is 3.32. The average Bonchev–Trinajstić information content (AvgIpc) is 2.46. The van der Waals surface area contributed by atoms with E-state index in [4.69, 9.17) is 5.96 Å². The molecule has 0 bridgehead atoms. The van der Waals surface area contributed by atoms with Gasteiger partial charge in [-0.15, -0.1) is 0 Å². The van der Waals surface area contributed by atoms with Crippen molar-refractivity contribution in [2.45, 2.75) is 18.2 Å². The van der Waals surface area contributed by atoms with E-state index in [9.17, 15) is 27.2 Å². The highest BCUT2D eigenvalue weighted by molar-refractivity contribution is 8.19. The maximum Gasteiger partial charge on any atom is 0.261 e. The third kappa shape index (κ3) is 5.12. The van der Waals surface area contributed by atoms with Gasteiger partial charge in [-0.2, -0.15) is 13.5 Å². The molecule has 2 aromatic carbocycles. The Morgan fingerprint density at radius 3 is 2.29 bits per heavy atom. The zero-order valence-corrected chi connectivity index (χ0v) is 14.4. The van der Waals surface area contributed by atoms with Crippen LogP contribution in [-0.2, 0) is 16.5 Å². The fourth-order valence-corrected chi connectivity index (χ4v) is 2.76. The van der Waals surface area contributed by atoms with Gasteiger partial charge in [-0.3, -0.25) is 4.55 Å². The number of hydrogen-bond donors (Lipinski definition) is 6. The first-order chi connectivity index (χ1) is 11.4. The standard InChI is InChI=1S/C12H14N2O4S.CH4O3S/c1-2-7-4-3-5-8-6-9(19(16,17)18)11(14-13)12(15)10(7)8;1-5(2,3)4/h3-6,13,15-18H,2H2,1H3;1H3,(H,2,3,4)/i/hD. The lowest BCUT2D eigenvalue weighted by Gasteiger charge is -2.22. The summed E-state index contributed by atoms with van der Waals surface area (Å²) in [5.74, 6) is -0.333.